The maximum Gasteiger partial charge on any atom is 0.270 e. The van der Waals surface area contributed by atoms with Crippen LogP contribution in [0.15, 0.2) is 59.8 Å². The average molecular weight is 487 g/mol. The number of carbonyl (C=O) groups excluding carboxylic acids is 1. The van der Waals surface area contributed by atoms with Gasteiger partial charge in [-0.05, 0) is 23.8 Å². The molecule has 4 aromatic rings. The normalized spacial score (nSPS) is 11.0. The molecule has 33 heavy (non-hydrogen) atoms. The fraction of sp³-hybridized carbons (Fsp3) is 0.143. The second-order valence-corrected chi connectivity index (χ2v) is 7.93. The minimum absolute atomic E-state index is 0.000555. The Kier molecular flexibility index (Phi) is 6.38. The largest absolute Gasteiger partial charge is 0.350 e. The van der Waals surface area contributed by atoms with Crippen LogP contribution in [0.4, 0.5) is 5.69 Å². The molecule has 0 bridgehead atoms. The van der Waals surface area contributed by atoms with Crippen molar-refractivity contribution in [2.45, 2.75) is 13.1 Å². The van der Waals surface area contributed by atoms with Crippen molar-refractivity contribution in [1.82, 2.24) is 24.6 Å². The van der Waals surface area contributed by atoms with Gasteiger partial charge in [0.1, 0.15) is 11.7 Å². The summed E-state index contributed by atoms with van der Waals surface area (Å²) in [6, 6.07) is 10.8. The third kappa shape index (κ3) is 4.86. The van der Waals surface area contributed by atoms with E-state index in [4.69, 9.17) is 23.2 Å². The average Bonchev–Trinajstić information content (AvgIpc) is 3.21. The molecule has 0 fully saturated rings. The Balaban J connectivity index is 1.45. The fourth-order valence-corrected chi connectivity index (χ4v) is 3.56. The molecule has 0 aliphatic heterocycles. The van der Waals surface area contributed by atoms with Crippen molar-refractivity contribution < 1.29 is 9.72 Å². The van der Waals surface area contributed by atoms with Crippen LogP contribution in [-0.2, 0) is 13.1 Å². The number of nitrogens with one attached hydrogen (secondary N) is 1. The Bertz CT molecular complexity index is 1410. The standard InChI is InChI=1S/C21H16Cl2N6O4/c22-14-3-1-13(2-4-14)11-27-12-25-19-17(21(27)31)10-26-28(19)8-7-24-20(30)16-9-15(29(32)33)5-6-18(16)23/h1-6,9-10,12H,7-8,11H2,(H,24,30). The van der Waals surface area contributed by atoms with Crippen LogP contribution in [0, 0.1) is 10.1 Å². The van der Waals surface area contributed by atoms with Crippen molar-refractivity contribution in [1.29, 1.82) is 0 Å². The van der Waals surface area contributed by atoms with E-state index in [-0.39, 0.29) is 34.9 Å². The Labute approximate surface area is 196 Å². The molecule has 0 aliphatic rings. The van der Waals surface area contributed by atoms with Crippen molar-refractivity contribution >= 4 is 45.8 Å². The number of hydrogen-bond donors (Lipinski definition) is 1. The lowest BCUT2D eigenvalue weighted by atomic mass is 10.2. The Hall–Kier alpha value is -3.76. The van der Waals surface area contributed by atoms with Crippen LogP contribution < -0.4 is 10.9 Å². The summed E-state index contributed by atoms with van der Waals surface area (Å²) in [5.74, 6) is -0.557. The second-order valence-electron chi connectivity index (χ2n) is 7.09. The first kappa shape index (κ1) is 22.4. The van der Waals surface area contributed by atoms with Crippen molar-refractivity contribution in [3.05, 3.63) is 96.6 Å². The van der Waals surface area contributed by atoms with Crippen LogP contribution in [0.2, 0.25) is 10.0 Å². The van der Waals surface area contributed by atoms with E-state index in [9.17, 15) is 19.7 Å². The summed E-state index contributed by atoms with van der Waals surface area (Å²) in [6.07, 6.45) is 2.88. The molecule has 1 N–H and O–H groups in total. The first-order chi connectivity index (χ1) is 15.8. The maximum absolute atomic E-state index is 12.8. The molecule has 2 aromatic heterocycles. The Morgan fingerprint density at radius 1 is 1.15 bits per heavy atom. The number of nitrogens with zero attached hydrogens (tertiary/aromatic N) is 5. The van der Waals surface area contributed by atoms with Crippen molar-refractivity contribution in [2.75, 3.05) is 6.54 Å². The van der Waals surface area contributed by atoms with Crippen LogP contribution in [-0.4, -0.2) is 36.7 Å². The predicted octanol–water partition coefficient (Wildman–Crippen LogP) is 3.29. The van der Waals surface area contributed by atoms with Gasteiger partial charge in [0.15, 0.2) is 5.65 Å². The molecule has 2 heterocycles. The van der Waals surface area contributed by atoms with E-state index in [0.29, 0.717) is 22.6 Å². The smallest absolute Gasteiger partial charge is 0.270 e. The van der Waals surface area contributed by atoms with Crippen LogP contribution in [0.1, 0.15) is 15.9 Å². The maximum atomic E-state index is 12.8. The lowest BCUT2D eigenvalue weighted by Crippen LogP contribution is -2.28. The zero-order chi connectivity index (χ0) is 23.5. The molecule has 12 heteroatoms. The second kappa shape index (κ2) is 9.39. The van der Waals surface area contributed by atoms with Gasteiger partial charge in [-0.15, -0.1) is 0 Å². The number of nitro benzene ring substituents is 1. The molecule has 0 aliphatic carbocycles. The van der Waals surface area contributed by atoms with Crippen molar-refractivity contribution in [2.24, 2.45) is 0 Å². The van der Waals surface area contributed by atoms with Gasteiger partial charge in [-0.2, -0.15) is 5.10 Å². The van der Waals surface area contributed by atoms with Crippen LogP contribution in [0.3, 0.4) is 0 Å². The van der Waals surface area contributed by atoms with E-state index in [2.05, 4.69) is 15.4 Å². The summed E-state index contributed by atoms with van der Waals surface area (Å²) in [6.45, 7) is 0.712. The summed E-state index contributed by atoms with van der Waals surface area (Å²) in [4.78, 5) is 39.9. The zero-order valence-electron chi connectivity index (χ0n) is 16.9. The molecule has 0 saturated heterocycles. The van der Waals surface area contributed by atoms with E-state index in [0.717, 1.165) is 11.6 Å². The molecular formula is C21H16Cl2N6O4. The van der Waals surface area contributed by atoms with Gasteiger partial charge < -0.3 is 5.32 Å². The lowest BCUT2D eigenvalue weighted by molar-refractivity contribution is -0.384. The van der Waals surface area contributed by atoms with Gasteiger partial charge in [0.25, 0.3) is 17.2 Å². The minimum Gasteiger partial charge on any atom is -0.350 e. The summed E-state index contributed by atoms with van der Waals surface area (Å²) in [5, 5.41) is 18.8. The highest BCUT2D eigenvalue weighted by Crippen LogP contribution is 2.22. The highest BCUT2D eigenvalue weighted by atomic mass is 35.5. The summed E-state index contributed by atoms with van der Waals surface area (Å²) >= 11 is 11.9. The van der Waals surface area contributed by atoms with Gasteiger partial charge in [0, 0.05) is 23.7 Å². The number of carbonyl (C=O) groups is 1. The number of hydrogen-bond acceptors (Lipinski definition) is 6. The number of benzene rings is 2. The van der Waals surface area contributed by atoms with E-state index in [1.165, 1.54) is 33.9 Å². The number of amides is 1. The van der Waals surface area contributed by atoms with Crippen molar-refractivity contribution in [3.8, 4) is 0 Å². The van der Waals surface area contributed by atoms with E-state index in [1.807, 2.05) is 12.1 Å². The number of nitro groups is 1. The molecule has 168 valence electrons. The van der Waals surface area contributed by atoms with Gasteiger partial charge in [-0.3, -0.25) is 24.3 Å². The molecular weight excluding hydrogens is 471 g/mol. The lowest BCUT2D eigenvalue weighted by Gasteiger charge is -2.08. The Morgan fingerprint density at radius 3 is 2.64 bits per heavy atom. The molecule has 1 amide bonds. The molecule has 0 unspecified atom stereocenters. The van der Waals surface area contributed by atoms with Crippen LogP contribution in [0.25, 0.3) is 11.0 Å². The quantitative estimate of drug-likeness (QED) is 0.315. The summed E-state index contributed by atoms with van der Waals surface area (Å²) in [5.41, 5.74) is 0.808. The van der Waals surface area contributed by atoms with Crippen molar-refractivity contribution in [3.63, 3.8) is 0 Å². The zero-order valence-corrected chi connectivity index (χ0v) is 18.5. The molecule has 0 atom stereocenters. The third-order valence-corrected chi connectivity index (χ3v) is 5.48. The predicted molar refractivity (Wildman–Crippen MR) is 123 cm³/mol. The number of fused-ring (bicyclic) bond motifs is 1. The van der Waals surface area contributed by atoms with Gasteiger partial charge in [-0.1, -0.05) is 35.3 Å². The fourth-order valence-electron chi connectivity index (χ4n) is 3.23. The SMILES string of the molecule is O=C(NCCn1ncc2c(=O)n(Cc3ccc(Cl)cc3)cnc21)c1cc([N+](=O)[O-])ccc1Cl. The number of non-ortho nitro benzene ring substituents is 1. The monoisotopic (exact) mass is 486 g/mol. The summed E-state index contributed by atoms with van der Waals surface area (Å²) < 4.78 is 2.97. The highest BCUT2D eigenvalue weighted by molar-refractivity contribution is 6.34. The summed E-state index contributed by atoms with van der Waals surface area (Å²) in [7, 11) is 0. The number of rotatable bonds is 7. The molecule has 0 saturated carbocycles. The van der Waals surface area contributed by atoms with Gasteiger partial charge in [0.2, 0.25) is 0 Å². The van der Waals surface area contributed by atoms with Crippen LogP contribution in [0.5, 0.6) is 0 Å². The number of halogens is 2. The molecule has 2 aromatic carbocycles. The van der Waals surface area contributed by atoms with Gasteiger partial charge in [0.05, 0.1) is 34.8 Å². The van der Waals surface area contributed by atoms with E-state index >= 15 is 0 Å². The molecule has 10 nitrogen and oxygen atoms in total. The molecule has 0 radical (unpaired) electrons. The topological polar surface area (TPSA) is 125 Å². The highest BCUT2D eigenvalue weighted by Gasteiger charge is 2.16. The van der Waals surface area contributed by atoms with E-state index < -0.39 is 10.8 Å². The third-order valence-electron chi connectivity index (χ3n) is 4.90. The first-order valence-corrected chi connectivity index (χ1v) is 10.5. The first-order valence-electron chi connectivity index (χ1n) is 9.71. The van der Waals surface area contributed by atoms with Crippen LogP contribution >= 0.6 is 23.2 Å². The van der Waals surface area contributed by atoms with Gasteiger partial charge >= 0.3 is 0 Å². The minimum atomic E-state index is -0.603. The van der Waals surface area contributed by atoms with Gasteiger partial charge in [-0.25, -0.2) is 9.67 Å². The Morgan fingerprint density at radius 2 is 1.91 bits per heavy atom. The molecule has 0 spiro atoms. The molecule has 4 rings (SSSR count). The number of aromatic nitrogens is 4. The van der Waals surface area contributed by atoms with E-state index in [1.54, 1.807) is 12.1 Å².